The first kappa shape index (κ1) is 14.8. The zero-order valence-corrected chi connectivity index (χ0v) is 13.0. The standard InChI is InChI=1S/C14H20ClNO2S/c1-3-4-14(9-17)5-6-16(8-14)13(18)12-11(15)10(2)7-19-12/h7,17H,3-6,8-9H2,1-2H3. The van der Waals surface area contributed by atoms with Crippen molar-refractivity contribution in [1.29, 1.82) is 0 Å². The van der Waals surface area contributed by atoms with Crippen molar-refractivity contribution in [3.05, 3.63) is 20.8 Å². The fourth-order valence-corrected chi connectivity index (χ4v) is 4.01. The molecule has 5 heteroatoms. The van der Waals surface area contributed by atoms with Crippen molar-refractivity contribution in [3.63, 3.8) is 0 Å². The van der Waals surface area contributed by atoms with Crippen LogP contribution in [0.3, 0.4) is 0 Å². The van der Waals surface area contributed by atoms with Gasteiger partial charge in [-0.2, -0.15) is 0 Å². The Balaban J connectivity index is 2.12. The smallest absolute Gasteiger partial charge is 0.265 e. The topological polar surface area (TPSA) is 40.5 Å². The summed E-state index contributed by atoms with van der Waals surface area (Å²) in [4.78, 5) is 14.9. The number of halogens is 1. The zero-order valence-electron chi connectivity index (χ0n) is 11.4. The number of carbonyl (C=O) groups excluding carboxylic acids is 1. The van der Waals surface area contributed by atoms with E-state index >= 15 is 0 Å². The zero-order chi connectivity index (χ0) is 14.0. The minimum Gasteiger partial charge on any atom is -0.396 e. The van der Waals surface area contributed by atoms with Gasteiger partial charge in [0.05, 0.1) is 11.6 Å². The second-order valence-electron chi connectivity index (χ2n) is 5.45. The van der Waals surface area contributed by atoms with Crippen molar-refractivity contribution in [2.75, 3.05) is 19.7 Å². The Morgan fingerprint density at radius 1 is 1.63 bits per heavy atom. The molecular weight excluding hydrogens is 282 g/mol. The van der Waals surface area contributed by atoms with Gasteiger partial charge in [0.15, 0.2) is 0 Å². The fraction of sp³-hybridized carbons (Fsp3) is 0.643. The van der Waals surface area contributed by atoms with Gasteiger partial charge in [0.1, 0.15) is 4.88 Å². The van der Waals surface area contributed by atoms with E-state index in [1.165, 1.54) is 11.3 Å². The van der Waals surface area contributed by atoms with Crippen molar-refractivity contribution < 1.29 is 9.90 Å². The molecule has 1 aliphatic heterocycles. The Bertz CT molecular complexity index is 474. The van der Waals surface area contributed by atoms with E-state index < -0.39 is 0 Å². The van der Waals surface area contributed by atoms with Gasteiger partial charge < -0.3 is 10.0 Å². The van der Waals surface area contributed by atoms with Gasteiger partial charge in [0, 0.05) is 18.5 Å². The summed E-state index contributed by atoms with van der Waals surface area (Å²) < 4.78 is 0. The van der Waals surface area contributed by atoms with Gasteiger partial charge in [-0.25, -0.2) is 0 Å². The lowest BCUT2D eigenvalue weighted by atomic mass is 9.83. The van der Waals surface area contributed by atoms with Crippen molar-refractivity contribution in [2.45, 2.75) is 33.1 Å². The first-order valence-electron chi connectivity index (χ1n) is 6.67. The first-order chi connectivity index (χ1) is 9.03. The second kappa shape index (κ2) is 5.81. The Kier molecular flexibility index (Phi) is 4.54. The number of thiophene rings is 1. The molecule has 1 saturated heterocycles. The molecule has 2 rings (SSSR count). The van der Waals surface area contributed by atoms with E-state index in [9.17, 15) is 9.90 Å². The van der Waals surface area contributed by atoms with Crippen LogP contribution in [0.25, 0.3) is 0 Å². The molecule has 106 valence electrons. The third-order valence-corrected chi connectivity index (χ3v) is 5.62. The number of carbonyl (C=O) groups is 1. The molecule has 3 nitrogen and oxygen atoms in total. The van der Waals surface area contributed by atoms with Crippen LogP contribution in [0, 0.1) is 12.3 Å². The van der Waals surface area contributed by atoms with Gasteiger partial charge in [0.25, 0.3) is 5.91 Å². The number of likely N-dealkylation sites (tertiary alicyclic amines) is 1. The van der Waals surface area contributed by atoms with Crippen molar-refractivity contribution in [2.24, 2.45) is 5.41 Å². The van der Waals surface area contributed by atoms with E-state index in [1.54, 1.807) is 0 Å². The normalized spacial score (nSPS) is 23.1. The van der Waals surface area contributed by atoms with Gasteiger partial charge in [-0.1, -0.05) is 24.9 Å². The van der Waals surface area contributed by atoms with E-state index in [1.807, 2.05) is 17.2 Å². The van der Waals surface area contributed by atoms with Gasteiger partial charge >= 0.3 is 0 Å². The van der Waals surface area contributed by atoms with E-state index in [4.69, 9.17) is 11.6 Å². The molecule has 2 heterocycles. The average molecular weight is 302 g/mol. The van der Waals surface area contributed by atoms with Crippen LogP contribution in [0.2, 0.25) is 5.02 Å². The Labute approximate surface area is 123 Å². The van der Waals surface area contributed by atoms with E-state index in [0.29, 0.717) is 23.0 Å². The molecule has 1 unspecified atom stereocenters. The van der Waals surface area contributed by atoms with Crippen LogP contribution in [0.1, 0.15) is 41.4 Å². The van der Waals surface area contributed by atoms with Gasteiger partial charge in [-0.05, 0) is 30.7 Å². The Hall–Kier alpha value is -0.580. The first-order valence-corrected chi connectivity index (χ1v) is 7.92. The maximum atomic E-state index is 12.5. The highest BCUT2D eigenvalue weighted by molar-refractivity contribution is 7.13. The molecule has 0 bridgehead atoms. The number of hydrogen-bond acceptors (Lipinski definition) is 3. The quantitative estimate of drug-likeness (QED) is 0.926. The third-order valence-electron chi connectivity index (χ3n) is 3.93. The lowest BCUT2D eigenvalue weighted by Crippen LogP contribution is -2.33. The van der Waals surface area contributed by atoms with E-state index in [0.717, 1.165) is 24.8 Å². The van der Waals surface area contributed by atoms with E-state index in [2.05, 4.69) is 6.92 Å². The largest absolute Gasteiger partial charge is 0.396 e. The Morgan fingerprint density at radius 2 is 2.37 bits per heavy atom. The average Bonchev–Trinajstić information content (AvgIpc) is 2.96. The van der Waals surface area contributed by atoms with Crippen LogP contribution >= 0.6 is 22.9 Å². The maximum absolute atomic E-state index is 12.5. The molecule has 1 atom stereocenters. The molecule has 0 aliphatic carbocycles. The Morgan fingerprint density at radius 3 is 2.89 bits per heavy atom. The number of rotatable bonds is 4. The molecule has 1 aliphatic rings. The van der Waals surface area contributed by atoms with Crippen molar-refractivity contribution in [1.82, 2.24) is 4.90 Å². The predicted octanol–water partition coefficient (Wildman–Crippen LogP) is 3.33. The molecule has 1 fully saturated rings. The minimum absolute atomic E-state index is 0.00882. The van der Waals surface area contributed by atoms with Crippen LogP contribution in [0.15, 0.2) is 5.38 Å². The predicted molar refractivity (Wildman–Crippen MR) is 79.0 cm³/mol. The van der Waals surface area contributed by atoms with Crippen molar-refractivity contribution >= 4 is 28.8 Å². The lowest BCUT2D eigenvalue weighted by Gasteiger charge is -2.26. The third kappa shape index (κ3) is 2.81. The summed E-state index contributed by atoms with van der Waals surface area (Å²) >= 11 is 7.57. The molecule has 1 amide bonds. The highest BCUT2D eigenvalue weighted by atomic mass is 35.5. The molecule has 1 aromatic heterocycles. The van der Waals surface area contributed by atoms with Crippen LogP contribution in [0.5, 0.6) is 0 Å². The maximum Gasteiger partial charge on any atom is 0.265 e. The van der Waals surface area contributed by atoms with Crippen LogP contribution in [-0.4, -0.2) is 35.6 Å². The van der Waals surface area contributed by atoms with Gasteiger partial charge in [0.2, 0.25) is 0 Å². The molecule has 1 aromatic rings. The summed E-state index contributed by atoms with van der Waals surface area (Å²) in [6.07, 6.45) is 2.87. The lowest BCUT2D eigenvalue weighted by molar-refractivity contribution is 0.0734. The SMILES string of the molecule is CCCC1(CO)CCN(C(=O)c2scc(C)c2Cl)C1. The van der Waals surface area contributed by atoms with E-state index in [-0.39, 0.29) is 17.9 Å². The van der Waals surface area contributed by atoms with Gasteiger partial charge in [-0.3, -0.25) is 4.79 Å². The summed E-state index contributed by atoms with van der Waals surface area (Å²) in [5, 5.41) is 12.1. The number of aliphatic hydroxyl groups excluding tert-OH is 1. The molecule has 0 spiro atoms. The number of aryl methyl sites for hydroxylation is 1. The highest BCUT2D eigenvalue weighted by Gasteiger charge is 2.39. The summed E-state index contributed by atoms with van der Waals surface area (Å²) in [5.74, 6) is 0.00882. The molecule has 0 aromatic carbocycles. The summed E-state index contributed by atoms with van der Waals surface area (Å²) in [5.41, 5.74) is 0.847. The van der Waals surface area contributed by atoms with Crippen molar-refractivity contribution in [3.8, 4) is 0 Å². The molecule has 0 saturated carbocycles. The fourth-order valence-electron chi connectivity index (χ4n) is 2.77. The molecule has 1 N–H and O–H groups in total. The molecular formula is C14H20ClNO2S. The molecule has 0 radical (unpaired) electrons. The second-order valence-corrected chi connectivity index (χ2v) is 6.70. The molecule has 19 heavy (non-hydrogen) atoms. The van der Waals surface area contributed by atoms with Crippen LogP contribution in [0.4, 0.5) is 0 Å². The summed E-state index contributed by atoms with van der Waals surface area (Å²) in [6.45, 7) is 5.54. The minimum atomic E-state index is -0.108. The highest BCUT2D eigenvalue weighted by Crippen LogP contribution is 2.37. The summed E-state index contributed by atoms with van der Waals surface area (Å²) in [7, 11) is 0. The summed E-state index contributed by atoms with van der Waals surface area (Å²) in [6, 6.07) is 0. The number of aliphatic hydroxyl groups is 1. The number of hydrogen-bond donors (Lipinski definition) is 1. The number of amides is 1. The number of nitrogens with zero attached hydrogens (tertiary/aromatic N) is 1. The van der Waals surface area contributed by atoms with Crippen LogP contribution in [-0.2, 0) is 0 Å². The van der Waals surface area contributed by atoms with Crippen LogP contribution < -0.4 is 0 Å². The monoisotopic (exact) mass is 301 g/mol. The van der Waals surface area contributed by atoms with Gasteiger partial charge in [-0.15, -0.1) is 11.3 Å².